The average Bonchev–Trinajstić information content (AvgIpc) is 2.39. The number of carbonyl (C=O) groups is 1. The summed E-state index contributed by atoms with van der Waals surface area (Å²) >= 11 is 0. The highest BCUT2D eigenvalue weighted by Gasteiger charge is 2.17. The van der Waals surface area contributed by atoms with E-state index in [9.17, 15) is 4.79 Å². The molecule has 0 spiro atoms. The van der Waals surface area contributed by atoms with Crippen LogP contribution in [-0.4, -0.2) is 17.4 Å². The monoisotopic (exact) mass is 254 g/mol. The first-order valence-electron chi connectivity index (χ1n) is 6.43. The van der Waals surface area contributed by atoms with Crippen LogP contribution in [0.25, 0.3) is 0 Å². The second-order valence-corrected chi connectivity index (χ2v) is 4.61. The maximum Gasteiger partial charge on any atom is 0.276 e. The first kappa shape index (κ1) is 13.3. The minimum atomic E-state index is -0.0619. The van der Waals surface area contributed by atoms with Gasteiger partial charge in [0.25, 0.3) is 5.91 Å². The van der Waals surface area contributed by atoms with Crippen LogP contribution in [0, 0.1) is 13.8 Å². The third-order valence-electron chi connectivity index (χ3n) is 2.96. The van der Waals surface area contributed by atoms with Crippen molar-refractivity contribution in [1.29, 1.82) is 0 Å². The van der Waals surface area contributed by atoms with Crippen LogP contribution < -0.4 is 4.90 Å². The van der Waals surface area contributed by atoms with Crippen molar-refractivity contribution in [1.82, 2.24) is 4.98 Å². The summed E-state index contributed by atoms with van der Waals surface area (Å²) in [4.78, 5) is 18.3. The zero-order valence-corrected chi connectivity index (χ0v) is 11.6. The summed E-state index contributed by atoms with van der Waals surface area (Å²) in [7, 11) is 0. The molecule has 19 heavy (non-hydrogen) atoms. The van der Waals surface area contributed by atoms with Crippen molar-refractivity contribution in [2.75, 3.05) is 11.4 Å². The minimum Gasteiger partial charge on any atom is -0.307 e. The van der Waals surface area contributed by atoms with Gasteiger partial charge >= 0.3 is 0 Å². The maximum atomic E-state index is 12.5. The van der Waals surface area contributed by atoms with Gasteiger partial charge in [-0.3, -0.25) is 9.78 Å². The lowest BCUT2D eigenvalue weighted by Crippen LogP contribution is -2.31. The zero-order valence-electron chi connectivity index (χ0n) is 11.6. The van der Waals surface area contributed by atoms with Crippen molar-refractivity contribution < 1.29 is 4.79 Å². The average molecular weight is 254 g/mol. The first-order valence-corrected chi connectivity index (χ1v) is 6.43. The van der Waals surface area contributed by atoms with Crippen molar-refractivity contribution in [3.8, 4) is 0 Å². The number of benzene rings is 1. The second kappa shape index (κ2) is 5.65. The molecular weight excluding hydrogens is 236 g/mol. The molecule has 0 fully saturated rings. The van der Waals surface area contributed by atoms with Gasteiger partial charge in [-0.25, -0.2) is 0 Å². The van der Waals surface area contributed by atoms with Crippen LogP contribution in [0.2, 0.25) is 0 Å². The van der Waals surface area contributed by atoms with Crippen LogP contribution in [0.5, 0.6) is 0 Å². The number of pyridine rings is 1. The van der Waals surface area contributed by atoms with E-state index < -0.39 is 0 Å². The highest BCUT2D eigenvalue weighted by atomic mass is 16.2. The Morgan fingerprint density at radius 2 is 1.84 bits per heavy atom. The Kier molecular flexibility index (Phi) is 3.95. The molecule has 0 N–H and O–H groups in total. The summed E-state index contributed by atoms with van der Waals surface area (Å²) in [6.07, 6.45) is 1.64. The number of hydrogen-bond donors (Lipinski definition) is 0. The van der Waals surface area contributed by atoms with E-state index in [0.29, 0.717) is 12.2 Å². The zero-order chi connectivity index (χ0) is 13.8. The molecule has 0 aliphatic heterocycles. The number of nitrogens with zero attached hydrogens (tertiary/aromatic N) is 2. The Morgan fingerprint density at radius 3 is 2.37 bits per heavy atom. The molecular formula is C16H18N2O. The lowest BCUT2D eigenvalue weighted by molar-refractivity contribution is 0.0983. The lowest BCUT2D eigenvalue weighted by atomic mass is 10.1. The van der Waals surface area contributed by atoms with E-state index in [0.717, 1.165) is 16.8 Å². The van der Waals surface area contributed by atoms with Crippen LogP contribution >= 0.6 is 0 Å². The minimum absolute atomic E-state index is 0.0619. The summed E-state index contributed by atoms with van der Waals surface area (Å²) < 4.78 is 0. The van der Waals surface area contributed by atoms with Crippen molar-refractivity contribution in [3.63, 3.8) is 0 Å². The van der Waals surface area contributed by atoms with Crippen molar-refractivity contribution in [2.24, 2.45) is 0 Å². The second-order valence-electron chi connectivity index (χ2n) is 4.61. The molecule has 2 rings (SSSR count). The van der Waals surface area contributed by atoms with E-state index in [2.05, 4.69) is 11.1 Å². The molecule has 0 saturated carbocycles. The summed E-state index contributed by atoms with van der Waals surface area (Å²) in [5.41, 5.74) is 3.71. The molecule has 3 nitrogen and oxygen atoms in total. The normalized spacial score (nSPS) is 10.3. The fourth-order valence-electron chi connectivity index (χ4n) is 2.18. The number of aryl methyl sites for hydroxylation is 2. The highest BCUT2D eigenvalue weighted by molar-refractivity contribution is 6.04. The highest BCUT2D eigenvalue weighted by Crippen LogP contribution is 2.20. The van der Waals surface area contributed by atoms with E-state index in [-0.39, 0.29) is 5.91 Å². The topological polar surface area (TPSA) is 33.2 Å². The van der Waals surface area contributed by atoms with E-state index in [1.54, 1.807) is 17.2 Å². The quantitative estimate of drug-likeness (QED) is 0.841. The SMILES string of the molecule is CCN(C(=O)c1ccccn1)c1cc(C)cc(C)c1. The van der Waals surface area contributed by atoms with Gasteiger partial charge in [-0.15, -0.1) is 0 Å². The standard InChI is InChI=1S/C16H18N2O/c1-4-18(14-10-12(2)9-13(3)11-14)16(19)15-7-5-6-8-17-15/h5-11H,4H2,1-3H3. The number of hydrogen-bond acceptors (Lipinski definition) is 2. The molecule has 0 radical (unpaired) electrons. The van der Waals surface area contributed by atoms with E-state index >= 15 is 0 Å². The third kappa shape index (κ3) is 2.99. The van der Waals surface area contributed by atoms with Crippen molar-refractivity contribution in [3.05, 3.63) is 59.4 Å². The van der Waals surface area contributed by atoms with Crippen LogP contribution in [0.1, 0.15) is 28.5 Å². The molecule has 1 aromatic heterocycles. The van der Waals surface area contributed by atoms with Gasteiger partial charge in [0.1, 0.15) is 5.69 Å². The number of anilines is 1. The molecule has 0 aliphatic carbocycles. The van der Waals surface area contributed by atoms with Gasteiger partial charge in [0.05, 0.1) is 0 Å². The number of rotatable bonds is 3. The smallest absolute Gasteiger partial charge is 0.276 e. The Morgan fingerprint density at radius 1 is 1.16 bits per heavy atom. The summed E-state index contributed by atoms with van der Waals surface area (Å²) in [5.74, 6) is -0.0619. The van der Waals surface area contributed by atoms with Gasteiger partial charge in [-0.2, -0.15) is 0 Å². The molecule has 98 valence electrons. The summed E-state index contributed by atoms with van der Waals surface area (Å²) in [5, 5.41) is 0. The van der Waals surface area contributed by atoms with E-state index in [1.165, 1.54) is 0 Å². The predicted molar refractivity (Wildman–Crippen MR) is 77.5 cm³/mol. The van der Waals surface area contributed by atoms with Gasteiger partial charge in [0.2, 0.25) is 0 Å². The molecule has 0 unspecified atom stereocenters. The number of amides is 1. The van der Waals surface area contributed by atoms with Gasteiger partial charge in [-0.1, -0.05) is 12.1 Å². The largest absolute Gasteiger partial charge is 0.307 e. The summed E-state index contributed by atoms with van der Waals surface area (Å²) in [6.45, 7) is 6.67. The molecule has 3 heteroatoms. The van der Waals surface area contributed by atoms with Gasteiger partial charge < -0.3 is 4.90 Å². The molecule has 1 heterocycles. The molecule has 1 amide bonds. The molecule has 0 bridgehead atoms. The number of aromatic nitrogens is 1. The molecule has 0 saturated heterocycles. The Balaban J connectivity index is 2.37. The van der Waals surface area contributed by atoms with Crippen molar-refractivity contribution >= 4 is 11.6 Å². The molecule has 1 aromatic carbocycles. The predicted octanol–water partition coefficient (Wildman–Crippen LogP) is 3.37. The maximum absolute atomic E-state index is 12.5. The molecule has 2 aromatic rings. The third-order valence-corrected chi connectivity index (χ3v) is 2.96. The Bertz CT molecular complexity index is 558. The fraction of sp³-hybridized carbons (Fsp3) is 0.250. The summed E-state index contributed by atoms with van der Waals surface area (Å²) in [6, 6.07) is 11.5. The van der Waals surface area contributed by atoms with Gasteiger partial charge in [0, 0.05) is 18.4 Å². The van der Waals surface area contributed by atoms with Crippen molar-refractivity contribution in [2.45, 2.75) is 20.8 Å². The molecule has 0 atom stereocenters. The molecule has 0 aliphatic rings. The first-order chi connectivity index (χ1) is 9.11. The van der Waals surface area contributed by atoms with Crippen LogP contribution in [-0.2, 0) is 0 Å². The van der Waals surface area contributed by atoms with Crippen LogP contribution in [0.3, 0.4) is 0 Å². The lowest BCUT2D eigenvalue weighted by Gasteiger charge is -2.21. The fourth-order valence-corrected chi connectivity index (χ4v) is 2.18. The van der Waals surface area contributed by atoms with Crippen LogP contribution in [0.15, 0.2) is 42.6 Å². The Labute approximate surface area is 113 Å². The van der Waals surface area contributed by atoms with Gasteiger partial charge in [-0.05, 0) is 56.2 Å². The number of carbonyl (C=O) groups excluding carboxylic acids is 1. The van der Waals surface area contributed by atoms with Crippen LogP contribution in [0.4, 0.5) is 5.69 Å². The van der Waals surface area contributed by atoms with Gasteiger partial charge in [0.15, 0.2) is 0 Å². The van der Waals surface area contributed by atoms with E-state index in [1.807, 2.05) is 45.0 Å². The Hall–Kier alpha value is -2.16. The van der Waals surface area contributed by atoms with E-state index in [4.69, 9.17) is 0 Å².